The highest BCUT2D eigenvalue weighted by molar-refractivity contribution is 9.11. The fourth-order valence-corrected chi connectivity index (χ4v) is 2.00. The topological polar surface area (TPSA) is 67.8 Å². The van der Waals surface area contributed by atoms with Gasteiger partial charge >= 0.3 is 0 Å². The van der Waals surface area contributed by atoms with Crippen LogP contribution in [0.25, 0.3) is 0 Å². The number of hydrogen-bond acceptors (Lipinski definition) is 5. The monoisotopic (exact) mass is 284 g/mol. The van der Waals surface area contributed by atoms with E-state index < -0.39 is 0 Å². The summed E-state index contributed by atoms with van der Waals surface area (Å²) in [4.78, 5) is 23.1. The molecule has 2 aromatic heterocycles. The van der Waals surface area contributed by atoms with Crippen molar-refractivity contribution in [2.24, 2.45) is 0 Å². The molecule has 2 aromatic rings. The third-order valence-corrected chi connectivity index (χ3v) is 2.90. The summed E-state index contributed by atoms with van der Waals surface area (Å²) in [7, 11) is 0. The standard InChI is InChI=1S/C8H5BrN4OS/c9-6-3-11-8(15-6)13-7(14)5-1-2-10-4-12-5/h1-4H,(H,11,13,14). The molecule has 0 unspecified atom stereocenters. The number of carbonyl (C=O) groups excluding carboxylic acids is 1. The van der Waals surface area contributed by atoms with Crippen LogP contribution in [-0.2, 0) is 0 Å². The molecule has 5 nitrogen and oxygen atoms in total. The van der Waals surface area contributed by atoms with Gasteiger partial charge in [0.15, 0.2) is 5.13 Å². The molecule has 0 aromatic carbocycles. The van der Waals surface area contributed by atoms with Crippen LogP contribution >= 0.6 is 27.3 Å². The lowest BCUT2D eigenvalue weighted by Gasteiger charge is -1.98. The van der Waals surface area contributed by atoms with Gasteiger partial charge < -0.3 is 0 Å². The fraction of sp³-hybridized carbons (Fsp3) is 0. The van der Waals surface area contributed by atoms with Crippen molar-refractivity contribution in [3.05, 3.63) is 34.3 Å². The predicted octanol–water partition coefficient (Wildman–Crippen LogP) is 1.95. The summed E-state index contributed by atoms with van der Waals surface area (Å²) in [5, 5.41) is 3.16. The maximum absolute atomic E-state index is 11.6. The van der Waals surface area contributed by atoms with Gasteiger partial charge in [-0.1, -0.05) is 11.3 Å². The molecule has 0 saturated heterocycles. The van der Waals surface area contributed by atoms with Crippen molar-refractivity contribution in [2.45, 2.75) is 0 Å². The first-order valence-corrected chi connectivity index (χ1v) is 5.55. The molecule has 76 valence electrons. The summed E-state index contributed by atoms with van der Waals surface area (Å²) in [5.74, 6) is -0.292. The lowest BCUT2D eigenvalue weighted by atomic mass is 10.4. The van der Waals surface area contributed by atoms with Crippen LogP contribution in [0.15, 0.2) is 28.6 Å². The summed E-state index contributed by atoms with van der Waals surface area (Å²) in [5.41, 5.74) is 0.316. The summed E-state index contributed by atoms with van der Waals surface area (Å²) < 4.78 is 0.862. The minimum Gasteiger partial charge on any atom is -0.296 e. The van der Waals surface area contributed by atoms with Crippen LogP contribution in [0.1, 0.15) is 10.5 Å². The van der Waals surface area contributed by atoms with Gasteiger partial charge in [0, 0.05) is 6.20 Å². The van der Waals surface area contributed by atoms with Gasteiger partial charge in [-0.05, 0) is 22.0 Å². The first-order valence-electron chi connectivity index (χ1n) is 3.94. The van der Waals surface area contributed by atoms with Crippen LogP contribution in [-0.4, -0.2) is 20.9 Å². The maximum atomic E-state index is 11.6. The average Bonchev–Trinajstić information content (AvgIpc) is 2.65. The maximum Gasteiger partial charge on any atom is 0.276 e. The Balaban J connectivity index is 2.11. The second kappa shape index (κ2) is 4.45. The zero-order chi connectivity index (χ0) is 10.7. The number of nitrogens with zero attached hydrogens (tertiary/aromatic N) is 3. The highest BCUT2D eigenvalue weighted by Crippen LogP contribution is 2.23. The molecule has 0 aliphatic carbocycles. The van der Waals surface area contributed by atoms with Crippen molar-refractivity contribution in [1.29, 1.82) is 0 Å². The lowest BCUT2D eigenvalue weighted by molar-refractivity contribution is 0.102. The van der Waals surface area contributed by atoms with Crippen LogP contribution in [0.2, 0.25) is 0 Å². The van der Waals surface area contributed by atoms with Crippen molar-refractivity contribution < 1.29 is 4.79 Å². The van der Waals surface area contributed by atoms with Gasteiger partial charge in [-0.2, -0.15) is 0 Å². The highest BCUT2D eigenvalue weighted by atomic mass is 79.9. The zero-order valence-corrected chi connectivity index (χ0v) is 9.75. The van der Waals surface area contributed by atoms with Crippen LogP contribution < -0.4 is 5.32 Å². The van der Waals surface area contributed by atoms with Gasteiger partial charge in [0.2, 0.25) is 0 Å². The molecule has 7 heteroatoms. The average molecular weight is 285 g/mol. The van der Waals surface area contributed by atoms with Crippen molar-refractivity contribution in [3.8, 4) is 0 Å². The van der Waals surface area contributed by atoms with Crippen molar-refractivity contribution >= 4 is 38.3 Å². The number of carbonyl (C=O) groups is 1. The summed E-state index contributed by atoms with van der Waals surface area (Å²) >= 11 is 4.60. The number of anilines is 1. The second-order valence-corrected chi connectivity index (χ2v) is 4.93. The molecular weight excluding hydrogens is 280 g/mol. The smallest absolute Gasteiger partial charge is 0.276 e. The molecule has 0 aliphatic rings. The van der Waals surface area contributed by atoms with E-state index >= 15 is 0 Å². The number of nitrogens with one attached hydrogen (secondary N) is 1. The Morgan fingerprint density at radius 2 is 2.33 bits per heavy atom. The molecule has 0 spiro atoms. The predicted molar refractivity (Wildman–Crippen MR) is 59.8 cm³/mol. The first-order chi connectivity index (χ1) is 7.25. The number of aromatic nitrogens is 3. The Morgan fingerprint density at radius 1 is 1.47 bits per heavy atom. The van der Waals surface area contributed by atoms with Gasteiger partial charge in [-0.25, -0.2) is 15.0 Å². The molecule has 15 heavy (non-hydrogen) atoms. The summed E-state index contributed by atoms with van der Waals surface area (Å²) in [6.45, 7) is 0. The Morgan fingerprint density at radius 3 is 2.93 bits per heavy atom. The molecule has 0 saturated carbocycles. The molecule has 0 bridgehead atoms. The third-order valence-electron chi connectivity index (χ3n) is 1.51. The number of rotatable bonds is 2. The molecule has 1 amide bonds. The molecular formula is C8H5BrN4OS. The van der Waals surface area contributed by atoms with E-state index in [9.17, 15) is 4.79 Å². The van der Waals surface area contributed by atoms with E-state index in [1.807, 2.05) is 0 Å². The summed E-state index contributed by atoms with van der Waals surface area (Å²) in [6, 6.07) is 1.54. The van der Waals surface area contributed by atoms with E-state index in [2.05, 4.69) is 36.2 Å². The van der Waals surface area contributed by atoms with E-state index in [1.165, 1.54) is 29.9 Å². The van der Waals surface area contributed by atoms with Gasteiger partial charge in [0.25, 0.3) is 5.91 Å². The minimum absolute atomic E-state index is 0.292. The molecule has 1 N–H and O–H groups in total. The van der Waals surface area contributed by atoms with E-state index in [-0.39, 0.29) is 5.91 Å². The van der Waals surface area contributed by atoms with E-state index in [1.54, 1.807) is 6.20 Å². The normalized spacial score (nSPS) is 9.93. The minimum atomic E-state index is -0.292. The molecule has 2 heterocycles. The number of amides is 1. The highest BCUT2D eigenvalue weighted by Gasteiger charge is 2.08. The van der Waals surface area contributed by atoms with E-state index in [0.29, 0.717) is 10.8 Å². The quantitative estimate of drug-likeness (QED) is 0.915. The molecule has 2 rings (SSSR count). The van der Waals surface area contributed by atoms with Crippen LogP contribution in [0.4, 0.5) is 5.13 Å². The molecule has 0 aliphatic heterocycles. The molecule has 0 atom stereocenters. The van der Waals surface area contributed by atoms with Gasteiger partial charge in [0.1, 0.15) is 12.0 Å². The van der Waals surface area contributed by atoms with Gasteiger partial charge in [-0.3, -0.25) is 10.1 Å². The van der Waals surface area contributed by atoms with Crippen LogP contribution in [0.5, 0.6) is 0 Å². The number of halogens is 1. The Labute approximate surface area is 97.7 Å². The second-order valence-electron chi connectivity index (χ2n) is 2.52. The molecule has 0 fully saturated rings. The lowest BCUT2D eigenvalue weighted by Crippen LogP contribution is -2.13. The largest absolute Gasteiger partial charge is 0.296 e. The number of thiazole rings is 1. The number of hydrogen-bond donors (Lipinski definition) is 1. The first kappa shape index (κ1) is 10.2. The van der Waals surface area contributed by atoms with Crippen molar-refractivity contribution in [3.63, 3.8) is 0 Å². The SMILES string of the molecule is O=C(Nc1ncc(Br)s1)c1ccncn1. The Bertz CT molecular complexity index is 473. The van der Waals surface area contributed by atoms with Crippen LogP contribution in [0.3, 0.4) is 0 Å². The van der Waals surface area contributed by atoms with Crippen molar-refractivity contribution in [1.82, 2.24) is 15.0 Å². The van der Waals surface area contributed by atoms with Gasteiger partial charge in [0.05, 0.1) is 9.98 Å². The van der Waals surface area contributed by atoms with Crippen molar-refractivity contribution in [2.75, 3.05) is 5.32 Å². The van der Waals surface area contributed by atoms with Crippen LogP contribution in [0, 0.1) is 0 Å². The Kier molecular flexibility index (Phi) is 3.02. The van der Waals surface area contributed by atoms with E-state index in [0.717, 1.165) is 3.79 Å². The zero-order valence-electron chi connectivity index (χ0n) is 7.35. The molecule has 0 radical (unpaired) electrons. The summed E-state index contributed by atoms with van der Waals surface area (Å²) in [6.07, 6.45) is 4.46. The van der Waals surface area contributed by atoms with E-state index in [4.69, 9.17) is 0 Å². The van der Waals surface area contributed by atoms with Gasteiger partial charge in [-0.15, -0.1) is 0 Å². The Hall–Kier alpha value is -1.34. The fourth-order valence-electron chi connectivity index (χ4n) is 0.898. The third kappa shape index (κ3) is 2.57.